The number of hydrogen-bond acceptors (Lipinski definition) is 4. The van der Waals surface area contributed by atoms with Crippen molar-refractivity contribution in [2.75, 3.05) is 30.0 Å². The van der Waals surface area contributed by atoms with Gasteiger partial charge in [0.1, 0.15) is 0 Å². The number of thioether (sulfide) groups is 1. The molecule has 0 bridgehead atoms. The van der Waals surface area contributed by atoms with Crippen LogP contribution in [0.15, 0.2) is 18.2 Å². The van der Waals surface area contributed by atoms with Crippen molar-refractivity contribution in [3.8, 4) is 0 Å². The van der Waals surface area contributed by atoms with Gasteiger partial charge >= 0.3 is 0 Å². The number of anilines is 2. The van der Waals surface area contributed by atoms with E-state index >= 15 is 0 Å². The molecule has 3 N–H and O–H groups in total. The number of halogens is 1. The minimum atomic E-state index is -0.0593. The van der Waals surface area contributed by atoms with E-state index in [2.05, 4.69) is 5.32 Å². The molecule has 1 aliphatic heterocycles. The van der Waals surface area contributed by atoms with Crippen molar-refractivity contribution in [2.45, 2.75) is 5.25 Å². The van der Waals surface area contributed by atoms with E-state index in [1.54, 1.807) is 30.0 Å². The molecule has 0 atom stereocenters. The Balaban J connectivity index is 1.84. The summed E-state index contributed by atoms with van der Waals surface area (Å²) in [5.74, 6) is 0.353. The lowest BCUT2D eigenvalue weighted by atomic mass is 10.2. The molecule has 1 amide bonds. The van der Waals surface area contributed by atoms with E-state index in [0.29, 0.717) is 27.4 Å². The monoisotopic (exact) mass is 272 g/mol. The van der Waals surface area contributed by atoms with Gasteiger partial charge in [0.15, 0.2) is 0 Å². The SMILES string of the molecule is Nc1cc(Cl)ccc1NC(=O)CSC1COC1. The van der Waals surface area contributed by atoms with E-state index in [-0.39, 0.29) is 5.91 Å². The second-order valence-electron chi connectivity index (χ2n) is 3.75. The van der Waals surface area contributed by atoms with Crippen LogP contribution in [0, 0.1) is 0 Å². The fourth-order valence-corrected chi connectivity index (χ4v) is 2.36. The molecular weight excluding hydrogens is 260 g/mol. The molecule has 0 aromatic heterocycles. The third-order valence-electron chi connectivity index (χ3n) is 2.35. The highest BCUT2D eigenvalue weighted by Crippen LogP contribution is 2.23. The first-order valence-corrected chi connectivity index (χ1v) is 6.62. The van der Waals surface area contributed by atoms with Crippen LogP contribution in [0.4, 0.5) is 11.4 Å². The van der Waals surface area contributed by atoms with Crippen molar-refractivity contribution < 1.29 is 9.53 Å². The van der Waals surface area contributed by atoms with E-state index in [1.165, 1.54) is 0 Å². The zero-order valence-corrected chi connectivity index (χ0v) is 10.7. The molecule has 1 heterocycles. The molecule has 0 unspecified atom stereocenters. The minimum Gasteiger partial charge on any atom is -0.397 e. The minimum absolute atomic E-state index is 0.0593. The molecule has 92 valence electrons. The Morgan fingerprint density at radius 2 is 2.35 bits per heavy atom. The molecule has 1 aromatic carbocycles. The number of hydrogen-bond donors (Lipinski definition) is 2. The van der Waals surface area contributed by atoms with Crippen molar-refractivity contribution in [3.63, 3.8) is 0 Å². The number of rotatable bonds is 4. The number of carbonyl (C=O) groups excluding carboxylic acids is 1. The van der Waals surface area contributed by atoms with E-state index in [1.807, 2.05) is 0 Å². The van der Waals surface area contributed by atoms with Crippen molar-refractivity contribution >= 4 is 40.6 Å². The predicted molar refractivity (Wildman–Crippen MR) is 71.6 cm³/mol. The normalized spacial score (nSPS) is 15.4. The fraction of sp³-hybridized carbons (Fsp3) is 0.364. The Labute approximate surface area is 109 Å². The Kier molecular flexibility index (Phi) is 4.15. The highest BCUT2D eigenvalue weighted by atomic mass is 35.5. The van der Waals surface area contributed by atoms with Crippen molar-refractivity contribution in [2.24, 2.45) is 0 Å². The first-order valence-electron chi connectivity index (χ1n) is 5.19. The summed E-state index contributed by atoms with van der Waals surface area (Å²) in [6.45, 7) is 1.47. The van der Waals surface area contributed by atoms with Gasteiger partial charge in [-0.25, -0.2) is 0 Å². The van der Waals surface area contributed by atoms with Gasteiger partial charge in [-0.2, -0.15) is 0 Å². The molecule has 1 saturated heterocycles. The van der Waals surface area contributed by atoms with Gasteiger partial charge in [-0.15, -0.1) is 11.8 Å². The molecule has 2 rings (SSSR count). The summed E-state index contributed by atoms with van der Waals surface area (Å²) in [7, 11) is 0. The highest BCUT2D eigenvalue weighted by Gasteiger charge is 2.19. The van der Waals surface area contributed by atoms with E-state index < -0.39 is 0 Å². The maximum absolute atomic E-state index is 11.6. The Bertz CT molecular complexity index is 424. The van der Waals surface area contributed by atoms with Crippen molar-refractivity contribution in [1.82, 2.24) is 0 Å². The van der Waals surface area contributed by atoms with Gasteiger partial charge in [0.2, 0.25) is 5.91 Å². The van der Waals surface area contributed by atoms with Crippen molar-refractivity contribution in [3.05, 3.63) is 23.2 Å². The van der Waals surface area contributed by atoms with Crippen LogP contribution in [0.1, 0.15) is 0 Å². The van der Waals surface area contributed by atoms with Gasteiger partial charge in [-0.3, -0.25) is 4.79 Å². The average molecular weight is 273 g/mol. The number of ether oxygens (including phenoxy) is 1. The Morgan fingerprint density at radius 3 is 2.94 bits per heavy atom. The third-order valence-corrected chi connectivity index (χ3v) is 3.75. The molecule has 0 saturated carbocycles. The number of benzene rings is 1. The lowest BCUT2D eigenvalue weighted by Gasteiger charge is -2.24. The smallest absolute Gasteiger partial charge is 0.234 e. The number of carbonyl (C=O) groups is 1. The van der Waals surface area contributed by atoms with Crippen LogP contribution >= 0.6 is 23.4 Å². The van der Waals surface area contributed by atoms with Gasteiger partial charge in [0, 0.05) is 5.02 Å². The zero-order chi connectivity index (χ0) is 12.3. The third kappa shape index (κ3) is 3.52. The van der Waals surface area contributed by atoms with Crippen LogP contribution in [0.25, 0.3) is 0 Å². The molecule has 1 fully saturated rings. The van der Waals surface area contributed by atoms with Gasteiger partial charge in [-0.05, 0) is 18.2 Å². The molecule has 4 nitrogen and oxygen atoms in total. The van der Waals surface area contributed by atoms with Crippen LogP contribution in [0.2, 0.25) is 5.02 Å². The van der Waals surface area contributed by atoms with E-state index in [0.717, 1.165) is 13.2 Å². The lowest BCUT2D eigenvalue weighted by molar-refractivity contribution is -0.113. The first kappa shape index (κ1) is 12.5. The first-order chi connectivity index (χ1) is 8.15. The number of nitrogens with two attached hydrogens (primary N) is 1. The topological polar surface area (TPSA) is 64.3 Å². The summed E-state index contributed by atoms with van der Waals surface area (Å²) in [6, 6.07) is 5.01. The lowest BCUT2D eigenvalue weighted by Crippen LogP contribution is -2.32. The van der Waals surface area contributed by atoms with Crippen molar-refractivity contribution in [1.29, 1.82) is 0 Å². The van der Waals surface area contributed by atoms with E-state index in [9.17, 15) is 4.79 Å². The molecular formula is C11H13ClN2O2S. The van der Waals surface area contributed by atoms with Gasteiger partial charge in [-0.1, -0.05) is 11.6 Å². The Morgan fingerprint density at radius 1 is 1.59 bits per heavy atom. The average Bonchev–Trinajstić information content (AvgIpc) is 2.20. The summed E-state index contributed by atoms with van der Waals surface area (Å²) < 4.78 is 5.03. The van der Waals surface area contributed by atoms with Crippen LogP contribution in [-0.2, 0) is 9.53 Å². The van der Waals surface area contributed by atoms with Crippen LogP contribution in [0.5, 0.6) is 0 Å². The number of nitrogens with one attached hydrogen (secondary N) is 1. The molecule has 17 heavy (non-hydrogen) atoms. The quantitative estimate of drug-likeness (QED) is 0.823. The largest absolute Gasteiger partial charge is 0.397 e. The summed E-state index contributed by atoms with van der Waals surface area (Å²) >= 11 is 7.37. The predicted octanol–water partition coefficient (Wildman–Crippen LogP) is 1.99. The Hall–Kier alpha value is -0.910. The number of amides is 1. The molecule has 6 heteroatoms. The standard InChI is InChI=1S/C11H13ClN2O2S/c12-7-1-2-10(9(13)3-7)14-11(15)6-17-8-4-16-5-8/h1-3,8H,4-6,13H2,(H,14,15). The van der Waals surface area contributed by atoms with E-state index in [4.69, 9.17) is 22.1 Å². The second-order valence-corrected chi connectivity index (χ2v) is 5.48. The van der Waals surface area contributed by atoms with Gasteiger partial charge in [0.05, 0.1) is 35.6 Å². The van der Waals surface area contributed by atoms with Crippen LogP contribution < -0.4 is 11.1 Å². The molecule has 0 radical (unpaired) electrons. The summed E-state index contributed by atoms with van der Waals surface area (Å²) in [6.07, 6.45) is 0. The molecule has 0 spiro atoms. The summed E-state index contributed by atoms with van der Waals surface area (Å²) in [4.78, 5) is 11.6. The molecule has 1 aliphatic rings. The molecule has 1 aromatic rings. The maximum atomic E-state index is 11.6. The fourth-order valence-electron chi connectivity index (χ4n) is 1.34. The second kappa shape index (κ2) is 5.62. The van der Waals surface area contributed by atoms with Gasteiger partial charge in [0.25, 0.3) is 0 Å². The maximum Gasteiger partial charge on any atom is 0.234 e. The summed E-state index contributed by atoms with van der Waals surface area (Å²) in [5, 5.41) is 3.76. The molecule has 0 aliphatic carbocycles. The van der Waals surface area contributed by atoms with Crippen LogP contribution in [0.3, 0.4) is 0 Å². The van der Waals surface area contributed by atoms with Gasteiger partial charge < -0.3 is 15.8 Å². The number of nitrogen functional groups attached to an aromatic ring is 1. The highest BCUT2D eigenvalue weighted by molar-refractivity contribution is 8.00. The van der Waals surface area contributed by atoms with Crippen LogP contribution in [-0.4, -0.2) is 30.1 Å². The summed E-state index contributed by atoms with van der Waals surface area (Å²) in [5.41, 5.74) is 6.81. The zero-order valence-electron chi connectivity index (χ0n) is 9.11.